The number of nitrogens with one attached hydrogen (secondary N) is 1. The monoisotopic (exact) mass is 349 g/mol. The van der Waals surface area contributed by atoms with Crippen LogP contribution < -0.4 is 5.32 Å². The summed E-state index contributed by atoms with van der Waals surface area (Å²) in [6, 6.07) is -0.551. The van der Waals surface area contributed by atoms with Gasteiger partial charge in [-0.15, -0.1) is 11.8 Å². The molecule has 0 aromatic rings. The predicted molar refractivity (Wildman–Crippen MR) is 92.6 cm³/mol. The van der Waals surface area contributed by atoms with Crippen LogP contribution in [0.4, 0.5) is 4.79 Å². The topological polar surface area (TPSA) is 84.9 Å². The first-order valence-corrected chi connectivity index (χ1v) is 8.61. The Morgan fingerprint density at radius 2 is 1.48 bits per heavy atom. The maximum atomic E-state index is 11.9. The summed E-state index contributed by atoms with van der Waals surface area (Å²) in [6.45, 7) is 14.2. The fraction of sp³-hybridized carbons (Fsp3) is 0.875. The lowest BCUT2D eigenvalue weighted by atomic mass is 10.0. The number of aliphatic hydroxyl groups excluding tert-OH is 1. The molecule has 136 valence electrons. The second-order valence-corrected chi connectivity index (χ2v) is 9.49. The fourth-order valence-corrected chi connectivity index (χ4v) is 2.49. The molecule has 0 heterocycles. The third-order valence-electron chi connectivity index (χ3n) is 2.69. The van der Waals surface area contributed by atoms with E-state index >= 15 is 0 Å². The van der Waals surface area contributed by atoms with E-state index in [-0.39, 0.29) is 18.3 Å². The van der Waals surface area contributed by atoms with Gasteiger partial charge in [0.15, 0.2) is 0 Å². The van der Waals surface area contributed by atoms with E-state index in [0.29, 0.717) is 0 Å². The van der Waals surface area contributed by atoms with E-state index < -0.39 is 28.1 Å². The van der Waals surface area contributed by atoms with E-state index in [9.17, 15) is 14.7 Å². The fourth-order valence-electron chi connectivity index (χ4n) is 1.61. The first kappa shape index (κ1) is 22.1. The van der Waals surface area contributed by atoms with Crippen molar-refractivity contribution in [2.24, 2.45) is 0 Å². The van der Waals surface area contributed by atoms with Gasteiger partial charge >= 0.3 is 12.1 Å². The largest absolute Gasteiger partial charge is 0.459 e. The number of amides is 1. The first-order chi connectivity index (χ1) is 10.2. The molecule has 6 nitrogen and oxygen atoms in total. The van der Waals surface area contributed by atoms with Gasteiger partial charge in [-0.05, 0) is 55.4 Å². The summed E-state index contributed by atoms with van der Waals surface area (Å²) in [6.07, 6.45) is -0.595. The Morgan fingerprint density at radius 3 is 1.87 bits per heavy atom. The molecule has 0 aliphatic rings. The molecule has 1 unspecified atom stereocenters. The quantitative estimate of drug-likeness (QED) is 0.717. The van der Waals surface area contributed by atoms with Crippen molar-refractivity contribution >= 4 is 23.8 Å². The molecule has 0 aromatic heterocycles. The standard InChI is InChI=1S/C16H31NO5S/c1-14(2,3)21-12(19)10-23-16(7,8)11(9-18)17-13(20)22-15(4,5)6/h11,18H,9-10H2,1-8H3,(H,17,20). The lowest BCUT2D eigenvalue weighted by Crippen LogP contribution is -2.51. The summed E-state index contributed by atoms with van der Waals surface area (Å²) in [5.74, 6) is -0.193. The Kier molecular flexibility index (Phi) is 7.90. The van der Waals surface area contributed by atoms with E-state index in [4.69, 9.17) is 9.47 Å². The van der Waals surface area contributed by atoms with Crippen LogP contribution >= 0.6 is 11.8 Å². The van der Waals surface area contributed by atoms with Crippen LogP contribution in [0, 0.1) is 0 Å². The Bertz CT molecular complexity index is 410. The second-order valence-electron chi connectivity index (χ2n) is 7.86. The molecule has 23 heavy (non-hydrogen) atoms. The van der Waals surface area contributed by atoms with Crippen molar-refractivity contribution in [2.45, 2.75) is 77.4 Å². The number of rotatable bonds is 6. The van der Waals surface area contributed by atoms with Gasteiger partial charge in [0.05, 0.1) is 18.4 Å². The molecule has 0 saturated heterocycles. The highest BCUT2D eigenvalue weighted by Crippen LogP contribution is 2.29. The van der Waals surface area contributed by atoms with E-state index in [1.165, 1.54) is 11.8 Å². The molecular formula is C16H31NO5S. The number of aliphatic hydroxyl groups is 1. The summed E-state index contributed by atoms with van der Waals surface area (Å²) in [5.41, 5.74) is -1.15. The van der Waals surface area contributed by atoms with Gasteiger partial charge < -0.3 is 19.9 Å². The highest BCUT2D eigenvalue weighted by atomic mass is 32.2. The van der Waals surface area contributed by atoms with Crippen molar-refractivity contribution in [1.29, 1.82) is 0 Å². The molecule has 0 saturated carbocycles. The van der Waals surface area contributed by atoms with Crippen molar-refractivity contribution in [3.63, 3.8) is 0 Å². The van der Waals surface area contributed by atoms with E-state index in [1.54, 1.807) is 41.5 Å². The van der Waals surface area contributed by atoms with E-state index in [1.807, 2.05) is 13.8 Å². The van der Waals surface area contributed by atoms with E-state index in [0.717, 1.165) is 0 Å². The van der Waals surface area contributed by atoms with Crippen LogP contribution in [-0.4, -0.2) is 51.5 Å². The molecule has 1 atom stereocenters. The number of carbonyl (C=O) groups excluding carboxylic acids is 2. The molecule has 0 radical (unpaired) electrons. The summed E-state index contributed by atoms with van der Waals surface area (Å²) >= 11 is 1.32. The zero-order valence-corrected chi connectivity index (χ0v) is 16.3. The number of carbonyl (C=O) groups is 2. The van der Waals surface area contributed by atoms with Crippen LogP contribution in [0.5, 0.6) is 0 Å². The number of thioether (sulfide) groups is 1. The van der Waals surface area contributed by atoms with Crippen molar-refractivity contribution in [3.05, 3.63) is 0 Å². The lowest BCUT2D eigenvalue weighted by Gasteiger charge is -2.33. The van der Waals surface area contributed by atoms with Gasteiger partial charge in [0, 0.05) is 4.75 Å². The van der Waals surface area contributed by atoms with Crippen molar-refractivity contribution in [3.8, 4) is 0 Å². The van der Waals surface area contributed by atoms with Gasteiger partial charge in [-0.2, -0.15) is 0 Å². The highest BCUT2D eigenvalue weighted by molar-refractivity contribution is 8.01. The Labute approximate surface area is 143 Å². The average molecular weight is 349 g/mol. The lowest BCUT2D eigenvalue weighted by molar-refractivity contribution is -0.151. The van der Waals surface area contributed by atoms with Gasteiger partial charge in [-0.25, -0.2) is 4.79 Å². The maximum Gasteiger partial charge on any atom is 0.407 e. The molecule has 0 spiro atoms. The SMILES string of the molecule is CC(C)(C)OC(=O)CSC(C)(C)C(CO)NC(=O)OC(C)(C)C. The van der Waals surface area contributed by atoms with Crippen molar-refractivity contribution in [2.75, 3.05) is 12.4 Å². The zero-order valence-electron chi connectivity index (χ0n) is 15.5. The summed E-state index contributed by atoms with van der Waals surface area (Å²) < 4.78 is 9.89. The number of hydrogen-bond donors (Lipinski definition) is 2. The number of hydrogen-bond acceptors (Lipinski definition) is 6. The highest BCUT2D eigenvalue weighted by Gasteiger charge is 2.33. The van der Waals surface area contributed by atoms with Gasteiger partial charge in [0.1, 0.15) is 11.2 Å². The molecule has 0 aromatic carbocycles. The molecule has 0 bridgehead atoms. The van der Waals surface area contributed by atoms with Crippen molar-refractivity contribution in [1.82, 2.24) is 5.32 Å². The number of esters is 1. The first-order valence-electron chi connectivity index (χ1n) is 7.62. The molecule has 7 heteroatoms. The summed E-state index contributed by atoms with van der Waals surface area (Å²) in [4.78, 5) is 23.7. The van der Waals surface area contributed by atoms with Crippen LogP contribution in [0.2, 0.25) is 0 Å². The summed E-state index contributed by atoms with van der Waals surface area (Å²) in [5, 5.41) is 12.2. The summed E-state index contributed by atoms with van der Waals surface area (Å²) in [7, 11) is 0. The average Bonchev–Trinajstić information content (AvgIpc) is 2.29. The van der Waals surface area contributed by atoms with Crippen molar-refractivity contribution < 1.29 is 24.2 Å². The Morgan fingerprint density at radius 1 is 1.00 bits per heavy atom. The molecule has 0 aliphatic heterocycles. The van der Waals surface area contributed by atoms with Crippen LogP contribution in [-0.2, 0) is 14.3 Å². The van der Waals surface area contributed by atoms with Gasteiger partial charge in [0.2, 0.25) is 0 Å². The zero-order chi connectivity index (χ0) is 18.5. The van der Waals surface area contributed by atoms with Crippen LogP contribution in [0.3, 0.4) is 0 Å². The number of ether oxygens (including phenoxy) is 2. The maximum absolute atomic E-state index is 11.9. The third-order valence-corrected chi connectivity index (χ3v) is 4.10. The van der Waals surface area contributed by atoms with Gasteiger partial charge in [0.25, 0.3) is 0 Å². The molecular weight excluding hydrogens is 318 g/mol. The minimum Gasteiger partial charge on any atom is -0.459 e. The minimum atomic E-state index is -0.613. The molecule has 1 amide bonds. The van der Waals surface area contributed by atoms with Crippen LogP contribution in [0.25, 0.3) is 0 Å². The minimum absolute atomic E-state index is 0.136. The van der Waals surface area contributed by atoms with Gasteiger partial charge in [-0.1, -0.05) is 0 Å². The molecule has 0 rings (SSSR count). The Balaban J connectivity index is 4.62. The predicted octanol–water partition coefficient (Wildman–Crippen LogP) is 2.73. The Hall–Kier alpha value is -0.950. The second kappa shape index (κ2) is 8.24. The number of alkyl carbamates (subject to hydrolysis) is 1. The van der Waals surface area contributed by atoms with Gasteiger partial charge in [-0.3, -0.25) is 4.79 Å². The smallest absolute Gasteiger partial charge is 0.407 e. The molecule has 0 aliphatic carbocycles. The van der Waals surface area contributed by atoms with Crippen LogP contribution in [0.15, 0.2) is 0 Å². The van der Waals surface area contributed by atoms with E-state index in [2.05, 4.69) is 5.32 Å². The normalized spacial score (nSPS) is 14.1. The third kappa shape index (κ3) is 10.4. The molecule has 0 fully saturated rings. The molecule has 2 N–H and O–H groups in total. The van der Waals surface area contributed by atoms with Crippen LogP contribution in [0.1, 0.15) is 55.4 Å².